The summed E-state index contributed by atoms with van der Waals surface area (Å²) in [5, 5.41) is 2.93. The molecule has 1 saturated heterocycles. The Morgan fingerprint density at radius 1 is 1.13 bits per heavy atom. The molecule has 1 heterocycles. The maximum atomic E-state index is 12.2. The van der Waals surface area contributed by atoms with Crippen molar-refractivity contribution in [1.82, 2.24) is 0 Å². The van der Waals surface area contributed by atoms with Crippen LogP contribution in [0.5, 0.6) is 0 Å². The maximum Gasteiger partial charge on any atom is 0.255 e. The largest absolute Gasteiger partial charge is 0.370 e. The summed E-state index contributed by atoms with van der Waals surface area (Å²) in [7, 11) is 0. The number of carbonyl (C=O) groups excluding carboxylic acids is 1. The second-order valence-corrected chi connectivity index (χ2v) is 6.62. The highest BCUT2D eigenvalue weighted by molar-refractivity contribution is 9.10. The van der Waals surface area contributed by atoms with Gasteiger partial charge in [0.25, 0.3) is 5.91 Å². The molecule has 4 nitrogen and oxygen atoms in total. The first kappa shape index (κ1) is 16.2. The van der Waals surface area contributed by atoms with Gasteiger partial charge in [0.2, 0.25) is 0 Å². The van der Waals surface area contributed by atoms with Crippen molar-refractivity contribution in [2.24, 2.45) is 0 Å². The van der Waals surface area contributed by atoms with Crippen molar-refractivity contribution in [3.05, 3.63) is 64.1 Å². The molecule has 1 aliphatic rings. The van der Waals surface area contributed by atoms with E-state index >= 15 is 0 Å². The molecule has 0 atom stereocenters. The van der Waals surface area contributed by atoms with Crippen LogP contribution in [0, 0.1) is 0 Å². The van der Waals surface area contributed by atoms with E-state index in [2.05, 4.69) is 33.4 Å². The smallest absolute Gasteiger partial charge is 0.255 e. The third-order valence-corrected chi connectivity index (χ3v) is 4.45. The number of morpholine rings is 1. The van der Waals surface area contributed by atoms with Crippen LogP contribution in [-0.4, -0.2) is 32.2 Å². The Morgan fingerprint density at radius 2 is 1.87 bits per heavy atom. The molecule has 0 radical (unpaired) electrons. The van der Waals surface area contributed by atoms with E-state index in [0.29, 0.717) is 5.56 Å². The molecule has 0 unspecified atom stereocenters. The maximum absolute atomic E-state index is 12.2. The monoisotopic (exact) mass is 375 g/mol. The SMILES string of the molecule is O=C(Nc1ccc(C[NH+]2CCOCC2)cc1)c1cccc(Br)c1. The molecule has 1 amide bonds. The molecular weight excluding hydrogens is 356 g/mol. The van der Waals surface area contributed by atoms with Crippen LogP contribution in [0.25, 0.3) is 0 Å². The molecule has 0 bridgehead atoms. The van der Waals surface area contributed by atoms with Gasteiger partial charge >= 0.3 is 0 Å². The van der Waals surface area contributed by atoms with Crippen LogP contribution < -0.4 is 10.2 Å². The van der Waals surface area contributed by atoms with Gasteiger partial charge in [0, 0.05) is 21.3 Å². The first-order chi connectivity index (χ1) is 11.2. The van der Waals surface area contributed by atoms with Crippen LogP contribution in [0.2, 0.25) is 0 Å². The van der Waals surface area contributed by atoms with Gasteiger partial charge in [0.05, 0.1) is 13.2 Å². The van der Waals surface area contributed by atoms with Crippen molar-refractivity contribution < 1.29 is 14.4 Å². The molecule has 1 fully saturated rings. The lowest BCUT2D eigenvalue weighted by molar-refractivity contribution is -0.921. The van der Waals surface area contributed by atoms with Gasteiger partial charge in [-0.2, -0.15) is 0 Å². The van der Waals surface area contributed by atoms with Gasteiger partial charge in [-0.1, -0.05) is 34.1 Å². The van der Waals surface area contributed by atoms with E-state index in [1.807, 2.05) is 30.3 Å². The Balaban J connectivity index is 1.59. The number of hydrogen-bond donors (Lipinski definition) is 2. The van der Waals surface area contributed by atoms with E-state index in [-0.39, 0.29) is 5.91 Å². The predicted molar refractivity (Wildman–Crippen MR) is 93.8 cm³/mol. The van der Waals surface area contributed by atoms with Crippen molar-refractivity contribution in [3.8, 4) is 0 Å². The van der Waals surface area contributed by atoms with Crippen molar-refractivity contribution in [3.63, 3.8) is 0 Å². The second kappa shape index (κ2) is 7.73. The van der Waals surface area contributed by atoms with Crippen molar-refractivity contribution in [1.29, 1.82) is 0 Å². The minimum Gasteiger partial charge on any atom is -0.370 e. The van der Waals surface area contributed by atoms with Crippen LogP contribution >= 0.6 is 15.9 Å². The molecule has 2 aromatic rings. The summed E-state index contributed by atoms with van der Waals surface area (Å²) >= 11 is 3.38. The summed E-state index contributed by atoms with van der Waals surface area (Å²) in [5.74, 6) is -0.0992. The van der Waals surface area contributed by atoms with Crippen LogP contribution in [0.15, 0.2) is 53.0 Å². The van der Waals surface area contributed by atoms with E-state index in [4.69, 9.17) is 4.74 Å². The number of hydrogen-bond acceptors (Lipinski definition) is 2. The fraction of sp³-hybridized carbons (Fsp3) is 0.278. The first-order valence-corrected chi connectivity index (χ1v) is 8.57. The molecule has 3 rings (SSSR count). The molecular formula is C18H20BrN2O2+. The molecule has 0 spiro atoms. The normalized spacial score (nSPS) is 15.3. The third-order valence-electron chi connectivity index (χ3n) is 3.95. The lowest BCUT2D eigenvalue weighted by Gasteiger charge is -2.23. The zero-order valence-electron chi connectivity index (χ0n) is 12.8. The molecule has 2 N–H and O–H groups in total. The van der Waals surface area contributed by atoms with Gasteiger partial charge in [-0.15, -0.1) is 0 Å². The molecule has 0 aromatic heterocycles. The van der Waals surface area contributed by atoms with Gasteiger partial charge in [-0.3, -0.25) is 4.79 Å². The van der Waals surface area contributed by atoms with Gasteiger partial charge < -0.3 is 15.0 Å². The molecule has 1 aliphatic heterocycles. The lowest BCUT2D eigenvalue weighted by Crippen LogP contribution is -3.12. The summed E-state index contributed by atoms with van der Waals surface area (Å²) in [6.07, 6.45) is 0. The second-order valence-electron chi connectivity index (χ2n) is 5.70. The molecule has 23 heavy (non-hydrogen) atoms. The summed E-state index contributed by atoms with van der Waals surface area (Å²) in [4.78, 5) is 13.8. The minimum atomic E-state index is -0.0992. The number of quaternary nitrogens is 1. The summed E-state index contributed by atoms with van der Waals surface area (Å²) < 4.78 is 6.28. The fourth-order valence-electron chi connectivity index (χ4n) is 2.66. The molecule has 120 valence electrons. The molecule has 5 heteroatoms. The number of anilines is 1. The van der Waals surface area contributed by atoms with Crippen LogP contribution in [-0.2, 0) is 11.3 Å². The number of nitrogens with one attached hydrogen (secondary N) is 2. The Kier molecular flexibility index (Phi) is 5.43. The van der Waals surface area contributed by atoms with E-state index in [9.17, 15) is 4.79 Å². The van der Waals surface area contributed by atoms with E-state index in [1.54, 1.807) is 11.0 Å². The van der Waals surface area contributed by atoms with Crippen LogP contribution in [0.4, 0.5) is 5.69 Å². The lowest BCUT2D eigenvalue weighted by atomic mass is 10.1. The van der Waals surface area contributed by atoms with E-state index in [1.165, 1.54) is 5.56 Å². The van der Waals surface area contributed by atoms with Crippen LogP contribution in [0.1, 0.15) is 15.9 Å². The molecule has 2 aromatic carbocycles. The third kappa shape index (κ3) is 4.64. The summed E-state index contributed by atoms with van der Waals surface area (Å²) in [6.45, 7) is 4.80. The van der Waals surface area contributed by atoms with Crippen LogP contribution in [0.3, 0.4) is 0 Å². The molecule has 0 saturated carbocycles. The van der Waals surface area contributed by atoms with Crippen molar-refractivity contribution in [2.75, 3.05) is 31.6 Å². The van der Waals surface area contributed by atoms with Gasteiger partial charge in [0.15, 0.2) is 0 Å². The number of amides is 1. The topological polar surface area (TPSA) is 42.8 Å². The zero-order chi connectivity index (χ0) is 16.1. The van der Waals surface area contributed by atoms with Gasteiger partial charge in [0.1, 0.15) is 19.6 Å². The number of carbonyl (C=O) groups is 1. The minimum absolute atomic E-state index is 0.0992. The average Bonchev–Trinajstić information content (AvgIpc) is 2.57. The Hall–Kier alpha value is -1.69. The van der Waals surface area contributed by atoms with E-state index < -0.39 is 0 Å². The summed E-state index contributed by atoms with van der Waals surface area (Å²) in [6, 6.07) is 15.5. The number of benzene rings is 2. The standard InChI is InChI=1S/C18H19BrN2O2/c19-16-3-1-2-15(12-16)18(22)20-17-6-4-14(5-7-17)13-21-8-10-23-11-9-21/h1-7,12H,8-11,13H2,(H,20,22)/p+1. The number of rotatable bonds is 4. The average molecular weight is 376 g/mol. The fourth-order valence-corrected chi connectivity index (χ4v) is 3.06. The van der Waals surface area contributed by atoms with Crippen molar-refractivity contribution in [2.45, 2.75) is 6.54 Å². The summed E-state index contributed by atoms with van der Waals surface area (Å²) in [5.41, 5.74) is 2.74. The van der Waals surface area contributed by atoms with Gasteiger partial charge in [-0.05, 0) is 30.3 Å². The molecule has 0 aliphatic carbocycles. The quantitative estimate of drug-likeness (QED) is 0.859. The highest BCUT2D eigenvalue weighted by Crippen LogP contribution is 2.14. The Bertz CT molecular complexity index is 667. The Morgan fingerprint density at radius 3 is 2.57 bits per heavy atom. The zero-order valence-corrected chi connectivity index (χ0v) is 14.4. The number of ether oxygens (including phenoxy) is 1. The number of halogens is 1. The Labute approximate surface area is 144 Å². The van der Waals surface area contributed by atoms with Gasteiger partial charge in [-0.25, -0.2) is 0 Å². The highest BCUT2D eigenvalue weighted by Gasteiger charge is 2.14. The first-order valence-electron chi connectivity index (χ1n) is 7.78. The predicted octanol–water partition coefficient (Wildman–Crippen LogP) is 2.12. The highest BCUT2D eigenvalue weighted by atomic mass is 79.9. The van der Waals surface area contributed by atoms with E-state index in [0.717, 1.165) is 43.0 Å². The van der Waals surface area contributed by atoms with Crippen molar-refractivity contribution >= 4 is 27.5 Å².